The zero-order valence-electron chi connectivity index (χ0n) is 8.95. The molecule has 6 nitrogen and oxygen atoms in total. The first-order valence-electron chi connectivity index (χ1n) is 4.85. The van der Waals surface area contributed by atoms with Crippen molar-refractivity contribution in [1.29, 1.82) is 0 Å². The van der Waals surface area contributed by atoms with E-state index in [1.165, 1.54) is 11.6 Å². The topological polar surface area (TPSA) is 99.5 Å². The molecule has 0 bridgehead atoms. The molecule has 0 aliphatic rings. The minimum Gasteiger partial charge on any atom is -0.478 e. The molecule has 1 aromatic heterocycles. The van der Waals surface area contributed by atoms with E-state index in [1.54, 1.807) is 18.2 Å². The second kappa shape index (κ2) is 4.84. The number of carboxylic acids is 2. The highest BCUT2D eigenvalue weighted by Crippen LogP contribution is 2.26. The Balaban J connectivity index is 2.37. The summed E-state index contributed by atoms with van der Waals surface area (Å²) in [6, 6.07) is 6.26. The standard InChI is InChI=1S/C11H8N2O4S/c14-10(15)6-3-1-2-4-7(6)13-9-8(11(16)17)12-5-18-9/h1-5,13H,(H,14,15)(H,16,17). The molecule has 7 heteroatoms. The average Bonchev–Trinajstić information content (AvgIpc) is 2.77. The summed E-state index contributed by atoms with van der Waals surface area (Å²) in [5, 5.41) is 21.0. The summed E-state index contributed by atoms with van der Waals surface area (Å²) in [6.07, 6.45) is 0. The number of para-hydroxylation sites is 1. The van der Waals surface area contributed by atoms with Crippen LogP contribution in [0.2, 0.25) is 0 Å². The number of carboxylic acid groups (broad SMARTS) is 2. The van der Waals surface area contributed by atoms with Crippen LogP contribution in [0.5, 0.6) is 0 Å². The first-order chi connectivity index (χ1) is 8.59. The molecule has 0 amide bonds. The van der Waals surface area contributed by atoms with Crippen molar-refractivity contribution in [3.05, 3.63) is 41.0 Å². The second-order valence-corrected chi connectivity index (χ2v) is 4.17. The van der Waals surface area contributed by atoms with Crippen molar-refractivity contribution in [2.24, 2.45) is 0 Å². The highest BCUT2D eigenvalue weighted by atomic mass is 32.1. The van der Waals surface area contributed by atoms with Gasteiger partial charge in [-0.2, -0.15) is 0 Å². The Morgan fingerprint density at radius 3 is 2.56 bits per heavy atom. The molecule has 2 rings (SSSR count). The second-order valence-electron chi connectivity index (χ2n) is 3.31. The Kier molecular flexibility index (Phi) is 3.24. The molecule has 2 aromatic rings. The van der Waals surface area contributed by atoms with Gasteiger partial charge in [-0.15, -0.1) is 11.3 Å². The smallest absolute Gasteiger partial charge is 0.357 e. The van der Waals surface area contributed by atoms with Crippen molar-refractivity contribution < 1.29 is 19.8 Å². The van der Waals surface area contributed by atoms with Gasteiger partial charge in [-0.05, 0) is 12.1 Å². The van der Waals surface area contributed by atoms with Crippen LogP contribution in [-0.2, 0) is 0 Å². The van der Waals surface area contributed by atoms with E-state index in [0.717, 1.165) is 11.3 Å². The minimum absolute atomic E-state index is 0.0715. The van der Waals surface area contributed by atoms with Crippen molar-refractivity contribution in [3.63, 3.8) is 0 Å². The summed E-state index contributed by atoms with van der Waals surface area (Å²) in [7, 11) is 0. The van der Waals surface area contributed by atoms with Gasteiger partial charge in [0.2, 0.25) is 0 Å². The van der Waals surface area contributed by atoms with E-state index in [9.17, 15) is 9.59 Å². The first-order valence-corrected chi connectivity index (χ1v) is 5.73. The maximum absolute atomic E-state index is 11.0. The molecule has 0 aliphatic carbocycles. The fourth-order valence-electron chi connectivity index (χ4n) is 1.39. The lowest BCUT2D eigenvalue weighted by molar-refractivity contribution is 0.0685. The van der Waals surface area contributed by atoms with Crippen molar-refractivity contribution in [2.75, 3.05) is 5.32 Å². The predicted molar refractivity (Wildman–Crippen MR) is 65.8 cm³/mol. The van der Waals surface area contributed by atoms with Gasteiger partial charge in [0, 0.05) is 0 Å². The van der Waals surface area contributed by atoms with Gasteiger partial charge in [-0.1, -0.05) is 12.1 Å². The van der Waals surface area contributed by atoms with Crippen LogP contribution >= 0.6 is 11.3 Å². The Hall–Kier alpha value is -2.41. The lowest BCUT2D eigenvalue weighted by Crippen LogP contribution is -2.05. The molecule has 0 fully saturated rings. The maximum Gasteiger partial charge on any atom is 0.357 e. The summed E-state index contributed by atoms with van der Waals surface area (Å²) in [5.74, 6) is -2.24. The number of hydrogen-bond donors (Lipinski definition) is 3. The van der Waals surface area contributed by atoms with E-state index < -0.39 is 11.9 Å². The third-order valence-corrected chi connectivity index (χ3v) is 2.92. The summed E-state index contributed by atoms with van der Waals surface area (Å²) < 4.78 is 0. The fraction of sp³-hybridized carbons (Fsp3) is 0. The molecule has 0 unspecified atom stereocenters. The quantitative estimate of drug-likeness (QED) is 0.783. The molecular formula is C11H8N2O4S. The lowest BCUT2D eigenvalue weighted by atomic mass is 10.2. The molecular weight excluding hydrogens is 256 g/mol. The molecule has 0 saturated heterocycles. The lowest BCUT2D eigenvalue weighted by Gasteiger charge is -2.07. The van der Waals surface area contributed by atoms with Gasteiger partial charge in [0.1, 0.15) is 5.00 Å². The SMILES string of the molecule is O=C(O)c1ccccc1Nc1scnc1C(=O)O. The van der Waals surface area contributed by atoms with Crippen LogP contribution in [0.3, 0.4) is 0 Å². The van der Waals surface area contributed by atoms with Gasteiger partial charge >= 0.3 is 11.9 Å². The van der Waals surface area contributed by atoms with E-state index in [1.807, 2.05) is 0 Å². The van der Waals surface area contributed by atoms with Crippen molar-refractivity contribution in [3.8, 4) is 0 Å². The third kappa shape index (κ3) is 2.30. The maximum atomic E-state index is 11.0. The van der Waals surface area contributed by atoms with Crippen LogP contribution < -0.4 is 5.32 Å². The van der Waals surface area contributed by atoms with Crippen LogP contribution in [0.1, 0.15) is 20.8 Å². The summed E-state index contributed by atoms with van der Waals surface area (Å²) in [4.78, 5) is 25.6. The third-order valence-electron chi connectivity index (χ3n) is 2.18. The Morgan fingerprint density at radius 2 is 1.89 bits per heavy atom. The Labute approximate surface area is 106 Å². The molecule has 0 atom stereocenters. The van der Waals surface area contributed by atoms with Gasteiger partial charge in [0.25, 0.3) is 0 Å². The average molecular weight is 264 g/mol. The summed E-state index contributed by atoms with van der Waals surface area (Å²) >= 11 is 1.10. The Bertz CT molecular complexity index is 609. The van der Waals surface area contributed by atoms with Gasteiger partial charge in [0.05, 0.1) is 16.8 Å². The molecule has 1 aromatic carbocycles. The normalized spacial score (nSPS) is 10.0. The summed E-state index contributed by atoms with van der Waals surface area (Å²) in [5.41, 5.74) is 1.66. The number of benzene rings is 1. The number of thiazole rings is 1. The summed E-state index contributed by atoms with van der Waals surface area (Å²) in [6.45, 7) is 0. The van der Waals surface area contributed by atoms with E-state index >= 15 is 0 Å². The molecule has 0 radical (unpaired) electrons. The number of hydrogen-bond acceptors (Lipinski definition) is 5. The first kappa shape index (κ1) is 12.1. The van der Waals surface area contributed by atoms with Gasteiger partial charge in [-0.3, -0.25) is 0 Å². The van der Waals surface area contributed by atoms with Crippen LogP contribution in [0.15, 0.2) is 29.8 Å². The molecule has 3 N–H and O–H groups in total. The number of aromatic nitrogens is 1. The van der Waals surface area contributed by atoms with E-state index in [4.69, 9.17) is 10.2 Å². The number of carbonyl (C=O) groups is 2. The van der Waals surface area contributed by atoms with Crippen molar-refractivity contribution in [1.82, 2.24) is 4.98 Å². The number of aromatic carboxylic acids is 2. The molecule has 0 spiro atoms. The molecule has 1 heterocycles. The number of nitrogens with one attached hydrogen (secondary N) is 1. The van der Waals surface area contributed by atoms with Gasteiger partial charge in [0.15, 0.2) is 5.69 Å². The zero-order chi connectivity index (χ0) is 13.1. The van der Waals surface area contributed by atoms with Gasteiger partial charge < -0.3 is 15.5 Å². The number of anilines is 2. The van der Waals surface area contributed by atoms with E-state index in [0.29, 0.717) is 10.7 Å². The van der Waals surface area contributed by atoms with Crippen LogP contribution in [0.25, 0.3) is 0 Å². The van der Waals surface area contributed by atoms with Crippen molar-refractivity contribution in [2.45, 2.75) is 0 Å². The highest BCUT2D eigenvalue weighted by Gasteiger charge is 2.16. The Morgan fingerprint density at radius 1 is 1.17 bits per heavy atom. The van der Waals surface area contributed by atoms with Crippen LogP contribution in [-0.4, -0.2) is 27.1 Å². The van der Waals surface area contributed by atoms with E-state index in [2.05, 4.69) is 10.3 Å². The van der Waals surface area contributed by atoms with Gasteiger partial charge in [-0.25, -0.2) is 14.6 Å². The van der Waals surface area contributed by atoms with Crippen molar-refractivity contribution >= 4 is 34.0 Å². The van der Waals surface area contributed by atoms with E-state index in [-0.39, 0.29) is 11.3 Å². The van der Waals surface area contributed by atoms with Crippen LogP contribution in [0, 0.1) is 0 Å². The fourth-order valence-corrected chi connectivity index (χ4v) is 2.07. The number of rotatable bonds is 4. The zero-order valence-corrected chi connectivity index (χ0v) is 9.77. The largest absolute Gasteiger partial charge is 0.478 e. The molecule has 92 valence electrons. The van der Waals surface area contributed by atoms with Crippen LogP contribution in [0.4, 0.5) is 10.7 Å². The minimum atomic E-state index is -1.16. The molecule has 0 saturated carbocycles. The highest BCUT2D eigenvalue weighted by molar-refractivity contribution is 7.14. The molecule has 0 aliphatic heterocycles. The monoisotopic (exact) mass is 264 g/mol. The molecule has 18 heavy (non-hydrogen) atoms. The predicted octanol–water partition coefficient (Wildman–Crippen LogP) is 2.28. The number of nitrogens with zero attached hydrogens (tertiary/aromatic N) is 1.